The molecule has 1 unspecified atom stereocenters. The highest BCUT2D eigenvalue weighted by atomic mass is 19.3. The van der Waals surface area contributed by atoms with Crippen molar-refractivity contribution >= 4 is 5.97 Å². The van der Waals surface area contributed by atoms with Crippen LogP contribution in [0.5, 0.6) is 0 Å². The molecule has 0 amide bonds. The lowest BCUT2D eigenvalue weighted by atomic mass is 9.85. The summed E-state index contributed by atoms with van der Waals surface area (Å²) in [6, 6.07) is 9.68. The molecular formula is C27H40F2O5. The number of carboxylic acid groups (broad SMARTS) is 1. The summed E-state index contributed by atoms with van der Waals surface area (Å²) in [5.74, 6) is -4.26. The number of unbranched alkanes of at least 4 members (excludes halogenated alkanes) is 2. The maximum absolute atomic E-state index is 14.3. The van der Waals surface area contributed by atoms with E-state index in [4.69, 9.17) is 9.84 Å². The number of alkyl halides is 2. The molecule has 3 N–H and O–H groups in total. The van der Waals surface area contributed by atoms with Crippen molar-refractivity contribution in [2.24, 2.45) is 11.8 Å². The van der Waals surface area contributed by atoms with Crippen LogP contribution in [0.4, 0.5) is 8.78 Å². The zero-order chi connectivity index (χ0) is 25.0. The average Bonchev–Trinajstić information content (AvgIpc) is 3.11. The van der Waals surface area contributed by atoms with E-state index >= 15 is 0 Å². The van der Waals surface area contributed by atoms with E-state index in [2.05, 4.69) is 0 Å². The van der Waals surface area contributed by atoms with Gasteiger partial charge >= 0.3 is 5.97 Å². The van der Waals surface area contributed by atoms with E-state index in [-0.39, 0.29) is 37.2 Å². The minimum atomic E-state index is -3.12. The van der Waals surface area contributed by atoms with Crippen LogP contribution >= 0.6 is 0 Å². The zero-order valence-corrected chi connectivity index (χ0v) is 20.1. The molecule has 1 fully saturated rings. The van der Waals surface area contributed by atoms with Gasteiger partial charge < -0.3 is 20.1 Å². The first kappa shape index (κ1) is 28.4. The molecule has 0 saturated heterocycles. The van der Waals surface area contributed by atoms with Gasteiger partial charge in [0.15, 0.2) is 0 Å². The highest BCUT2D eigenvalue weighted by Crippen LogP contribution is 2.41. The molecule has 1 saturated carbocycles. The first-order valence-corrected chi connectivity index (χ1v) is 12.5. The highest BCUT2D eigenvalue weighted by Gasteiger charge is 2.44. The predicted molar refractivity (Wildman–Crippen MR) is 128 cm³/mol. The molecule has 0 aromatic heterocycles. The van der Waals surface area contributed by atoms with Gasteiger partial charge in [0.05, 0.1) is 18.8 Å². The maximum Gasteiger partial charge on any atom is 0.303 e. The number of aliphatic hydroxyl groups excluding tert-OH is 2. The Morgan fingerprint density at radius 3 is 2.62 bits per heavy atom. The summed E-state index contributed by atoms with van der Waals surface area (Å²) in [6.45, 7) is 2.22. The molecule has 0 bridgehead atoms. The van der Waals surface area contributed by atoms with Crippen molar-refractivity contribution in [3.63, 3.8) is 0 Å². The van der Waals surface area contributed by atoms with Gasteiger partial charge in [-0.3, -0.25) is 4.79 Å². The fourth-order valence-corrected chi connectivity index (χ4v) is 4.73. The number of aliphatic carboxylic acids is 1. The van der Waals surface area contributed by atoms with Crippen molar-refractivity contribution in [3.05, 3.63) is 48.0 Å². The van der Waals surface area contributed by atoms with E-state index < -0.39 is 24.1 Å². The molecule has 7 heteroatoms. The molecule has 1 aliphatic rings. The summed E-state index contributed by atoms with van der Waals surface area (Å²) in [7, 11) is 0. The first-order valence-electron chi connectivity index (χ1n) is 12.5. The zero-order valence-electron chi connectivity index (χ0n) is 20.1. The lowest BCUT2D eigenvalue weighted by molar-refractivity contribution is -0.137. The smallest absolute Gasteiger partial charge is 0.303 e. The van der Waals surface area contributed by atoms with Gasteiger partial charge in [0.2, 0.25) is 0 Å². The molecule has 0 heterocycles. The molecule has 1 aromatic carbocycles. The van der Waals surface area contributed by atoms with Crippen LogP contribution in [0.25, 0.3) is 0 Å². The molecule has 1 aliphatic carbocycles. The van der Waals surface area contributed by atoms with Crippen LogP contribution < -0.4 is 0 Å². The molecule has 34 heavy (non-hydrogen) atoms. The molecule has 192 valence electrons. The van der Waals surface area contributed by atoms with Crippen molar-refractivity contribution in [1.29, 1.82) is 0 Å². The van der Waals surface area contributed by atoms with Crippen LogP contribution in [0.15, 0.2) is 42.5 Å². The van der Waals surface area contributed by atoms with E-state index in [9.17, 15) is 23.8 Å². The summed E-state index contributed by atoms with van der Waals surface area (Å²) in [4.78, 5) is 10.6. The van der Waals surface area contributed by atoms with Gasteiger partial charge in [-0.25, -0.2) is 8.78 Å². The molecule has 1 aromatic rings. The number of halogens is 2. The third kappa shape index (κ3) is 9.43. The van der Waals surface area contributed by atoms with E-state index in [0.29, 0.717) is 51.6 Å². The second-order valence-corrected chi connectivity index (χ2v) is 9.42. The number of carbonyl (C=O) groups is 1. The third-order valence-electron chi connectivity index (χ3n) is 6.76. The minimum absolute atomic E-state index is 0.0435. The molecule has 5 nitrogen and oxygen atoms in total. The minimum Gasteiger partial charge on any atom is -0.481 e. The quantitative estimate of drug-likeness (QED) is 0.207. The number of ether oxygens (including phenoxy) is 1. The Bertz CT molecular complexity index is 740. The van der Waals surface area contributed by atoms with Gasteiger partial charge in [0, 0.05) is 19.3 Å². The number of carboxylic acids is 1. The van der Waals surface area contributed by atoms with Crippen LogP contribution in [-0.4, -0.2) is 45.5 Å². The van der Waals surface area contributed by atoms with Crippen LogP contribution in [0, 0.1) is 11.8 Å². The van der Waals surface area contributed by atoms with Crippen molar-refractivity contribution in [3.8, 4) is 0 Å². The van der Waals surface area contributed by atoms with Gasteiger partial charge in [0.1, 0.15) is 6.10 Å². The number of aliphatic hydroxyl groups is 2. The van der Waals surface area contributed by atoms with Crippen LogP contribution in [-0.2, 0) is 16.1 Å². The number of hydrogen-bond acceptors (Lipinski definition) is 4. The molecule has 0 spiro atoms. The van der Waals surface area contributed by atoms with Crippen LogP contribution in [0.3, 0.4) is 0 Å². The van der Waals surface area contributed by atoms with Gasteiger partial charge in [-0.2, -0.15) is 0 Å². The van der Waals surface area contributed by atoms with Crippen LogP contribution in [0.1, 0.15) is 76.7 Å². The Kier molecular flexibility index (Phi) is 12.2. The Labute approximate surface area is 201 Å². The van der Waals surface area contributed by atoms with E-state index in [1.165, 1.54) is 0 Å². The third-order valence-corrected chi connectivity index (χ3v) is 6.76. The number of allylic oxidation sites excluding steroid dienone is 2. The predicted octanol–water partition coefficient (Wildman–Crippen LogP) is 5.74. The highest BCUT2D eigenvalue weighted by molar-refractivity contribution is 5.66. The van der Waals surface area contributed by atoms with Gasteiger partial charge in [-0.15, -0.1) is 0 Å². The molecule has 2 rings (SSSR count). The Balaban J connectivity index is 2.01. The molecular weight excluding hydrogens is 442 g/mol. The number of rotatable bonds is 16. The van der Waals surface area contributed by atoms with Gasteiger partial charge in [-0.1, -0.05) is 55.8 Å². The number of hydrogen-bond donors (Lipinski definition) is 3. The molecule has 5 atom stereocenters. The van der Waals surface area contributed by atoms with Crippen molar-refractivity contribution < 1.29 is 33.6 Å². The van der Waals surface area contributed by atoms with E-state index in [1.807, 2.05) is 49.4 Å². The number of benzene rings is 1. The average molecular weight is 483 g/mol. The Hall–Kier alpha value is -1.83. The van der Waals surface area contributed by atoms with Gasteiger partial charge in [0.25, 0.3) is 5.92 Å². The van der Waals surface area contributed by atoms with E-state index in [0.717, 1.165) is 5.56 Å². The second kappa shape index (κ2) is 14.5. The van der Waals surface area contributed by atoms with E-state index in [1.54, 1.807) is 0 Å². The monoisotopic (exact) mass is 482 g/mol. The Morgan fingerprint density at radius 2 is 1.94 bits per heavy atom. The van der Waals surface area contributed by atoms with Crippen molar-refractivity contribution in [2.75, 3.05) is 0 Å². The van der Waals surface area contributed by atoms with Crippen LogP contribution in [0.2, 0.25) is 0 Å². The lowest BCUT2D eigenvalue weighted by Crippen LogP contribution is -2.35. The summed E-state index contributed by atoms with van der Waals surface area (Å²) in [5.41, 5.74) is 1.00. The van der Waals surface area contributed by atoms with Gasteiger partial charge in [-0.05, 0) is 55.9 Å². The second-order valence-electron chi connectivity index (χ2n) is 9.42. The SMILES string of the molecule is CCCCC(F)(F)C(O)CC[C@@H]1[C@@H](C/C=C\CCCC(=O)O)[C@H](O)C[C@H]1OCc1ccccc1. The summed E-state index contributed by atoms with van der Waals surface area (Å²) < 4.78 is 34.8. The standard InChI is InChI=1S/C27H40F2O5/c1-2-3-17-27(28,29)25(31)16-15-22-21(13-9-4-5-10-14-26(32)33)23(30)18-24(22)34-19-20-11-7-6-8-12-20/h4,6-9,11-12,21-25,30-31H,2-3,5,10,13-19H2,1H3,(H,32,33)/b9-4-/t21-,22-,23-,24-,25?/m1/s1. The van der Waals surface area contributed by atoms with Crippen molar-refractivity contribution in [2.45, 2.75) is 102 Å². The first-order chi connectivity index (χ1) is 16.2. The van der Waals surface area contributed by atoms with Crippen molar-refractivity contribution in [1.82, 2.24) is 0 Å². The summed E-state index contributed by atoms with van der Waals surface area (Å²) in [6.07, 6.45) is 4.51. The normalized spacial score (nSPS) is 24.0. The topological polar surface area (TPSA) is 87.0 Å². The molecule has 0 radical (unpaired) electrons. The fourth-order valence-electron chi connectivity index (χ4n) is 4.73. The maximum atomic E-state index is 14.3. The Morgan fingerprint density at radius 1 is 1.21 bits per heavy atom. The molecule has 0 aliphatic heterocycles. The largest absolute Gasteiger partial charge is 0.481 e. The lowest BCUT2D eigenvalue weighted by Gasteiger charge is -2.28. The summed E-state index contributed by atoms with van der Waals surface area (Å²) in [5, 5.41) is 29.7. The summed E-state index contributed by atoms with van der Waals surface area (Å²) >= 11 is 0. The fraction of sp³-hybridized carbons (Fsp3) is 0.667.